The van der Waals surface area contributed by atoms with Crippen LogP contribution in [-0.2, 0) is 4.79 Å². The van der Waals surface area contributed by atoms with Gasteiger partial charge in [0, 0.05) is 17.9 Å². The van der Waals surface area contributed by atoms with E-state index in [2.05, 4.69) is 20.2 Å². The van der Waals surface area contributed by atoms with E-state index in [1.807, 2.05) is 36.4 Å². The van der Waals surface area contributed by atoms with Gasteiger partial charge in [0.2, 0.25) is 5.91 Å². The van der Waals surface area contributed by atoms with E-state index in [9.17, 15) is 4.79 Å². The fourth-order valence-corrected chi connectivity index (χ4v) is 7.66. The van der Waals surface area contributed by atoms with Gasteiger partial charge in [-0.05, 0) is 92.8 Å². The average molecular weight is 419 g/mol. The Balaban J connectivity index is 1.47. The molecule has 4 saturated carbocycles. The highest BCUT2D eigenvalue weighted by atomic mass is 32.1. The van der Waals surface area contributed by atoms with Gasteiger partial charge >= 0.3 is 0 Å². The standard InChI is InChI=1S/C24H26N4OS/c29-22-21(20(18-5-1-3-7-25-18)19-6-2-4-8-26-19)28(23(30)27-22)24-12-15-9-16(13-24)11-17(10-15)14-24/h1-8,15-17,20-21H,9-14H2,(H,27,29,30). The maximum atomic E-state index is 13.4. The molecule has 0 spiro atoms. The van der Waals surface area contributed by atoms with Gasteiger partial charge in [-0.1, -0.05) is 12.1 Å². The van der Waals surface area contributed by atoms with Crippen LogP contribution in [0.15, 0.2) is 48.8 Å². The topological polar surface area (TPSA) is 58.1 Å². The van der Waals surface area contributed by atoms with Crippen molar-refractivity contribution in [3.63, 3.8) is 0 Å². The van der Waals surface area contributed by atoms with Crippen LogP contribution in [0.2, 0.25) is 0 Å². The minimum Gasteiger partial charge on any atom is -0.330 e. The van der Waals surface area contributed by atoms with Crippen LogP contribution in [0.25, 0.3) is 0 Å². The molecule has 5 fully saturated rings. The van der Waals surface area contributed by atoms with Crippen LogP contribution in [0.4, 0.5) is 0 Å². The van der Waals surface area contributed by atoms with Crippen molar-refractivity contribution >= 4 is 23.2 Å². The van der Waals surface area contributed by atoms with Gasteiger partial charge < -0.3 is 10.2 Å². The molecule has 1 unspecified atom stereocenters. The highest BCUT2D eigenvalue weighted by Gasteiger charge is 2.59. The summed E-state index contributed by atoms with van der Waals surface area (Å²) in [4.78, 5) is 25.0. The van der Waals surface area contributed by atoms with E-state index < -0.39 is 6.04 Å². The molecule has 4 aliphatic carbocycles. The first kappa shape index (κ1) is 18.4. The number of nitrogens with zero attached hydrogens (tertiary/aromatic N) is 3. The maximum Gasteiger partial charge on any atom is 0.250 e. The summed E-state index contributed by atoms with van der Waals surface area (Å²) in [5.41, 5.74) is 1.74. The summed E-state index contributed by atoms with van der Waals surface area (Å²) >= 11 is 5.80. The highest BCUT2D eigenvalue weighted by Crippen LogP contribution is 2.59. The van der Waals surface area contributed by atoms with E-state index in [1.54, 1.807) is 12.4 Å². The summed E-state index contributed by atoms with van der Waals surface area (Å²) in [5, 5.41) is 3.63. The molecule has 5 aliphatic rings. The monoisotopic (exact) mass is 418 g/mol. The number of nitrogens with one attached hydrogen (secondary N) is 1. The average Bonchev–Trinajstić information content (AvgIpc) is 3.03. The Hall–Kier alpha value is -2.34. The summed E-state index contributed by atoms with van der Waals surface area (Å²) in [5.74, 6) is 2.06. The van der Waals surface area contributed by atoms with Crippen molar-refractivity contribution in [2.75, 3.05) is 0 Å². The molecule has 30 heavy (non-hydrogen) atoms. The normalized spacial score (nSPS) is 34.6. The predicted molar refractivity (Wildman–Crippen MR) is 118 cm³/mol. The van der Waals surface area contributed by atoms with Crippen LogP contribution in [0, 0.1) is 17.8 Å². The molecule has 3 heterocycles. The molecule has 1 saturated heterocycles. The molecule has 2 aromatic rings. The zero-order valence-electron chi connectivity index (χ0n) is 16.9. The van der Waals surface area contributed by atoms with Gasteiger partial charge in [0.15, 0.2) is 5.11 Å². The Kier molecular flexibility index (Phi) is 4.20. The van der Waals surface area contributed by atoms with Crippen molar-refractivity contribution in [1.29, 1.82) is 0 Å². The molecule has 1 atom stereocenters. The smallest absolute Gasteiger partial charge is 0.250 e. The summed E-state index contributed by atoms with van der Waals surface area (Å²) in [7, 11) is 0. The summed E-state index contributed by atoms with van der Waals surface area (Å²) in [6.07, 6.45) is 11.1. The Morgan fingerprint density at radius 3 is 1.93 bits per heavy atom. The predicted octanol–water partition coefficient (Wildman–Crippen LogP) is 3.66. The molecular formula is C24H26N4OS. The van der Waals surface area contributed by atoms with Crippen LogP contribution < -0.4 is 5.32 Å². The second-order valence-electron chi connectivity index (χ2n) is 9.74. The maximum absolute atomic E-state index is 13.4. The molecule has 5 nitrogen and oxygen atoms in total. The molecule has 1 N–H and O–H groups in total. The van der Waals surface area contributed by atoms with Crippen molar-refractivity contribution < 1.29 is 4.79 Å². The largest absolute Gasteiger partial charge is 0.330 e. The zero-order valence-corrected chi connectivity index (χ0v) is 17.7. The molecule has 4 bridgehead atoms. The van der Waals surface area contributed by atoms with E-state index in [0.717, 1.165) is 48.4 Å². The lowest BCUT2D eigenvalue weighted by Crippen LogP contribution is -2.63. The number of amides is 1. The van der Waals surface area contributed by atoms with Crippen LogP contribution in [-0.4, -0.2) is 37.5 Å². The molecule has 0 radical (unpaired) electrons. The number of hydrogen-bond donors (Lipinski definition) is 1. The second kappa shape index (κ2) is 6.84. The van der Waals surface area contributed by atoms with Gasteiger partial charge in [-0.25, -0.2) is 0 Å². The first-order chi connectivity index (χ1) is 14.6. The molecule has 1 aliphatic heterocycles. The third kappa shape index (κ3) is 2.80. The van der Waals surface area contributed by atoms with E-state index in [-0.39, 0.29) is 17.4 Å². The Morgan fingerprint density at radius 1 is 0.933 bits per heavy atom. The van der Waals surface area contributed by atoms with Crippen molar-refractivity contribution in [2.45, 2.75) is 56.0 Å². The third-order valence-electron chi connectivity index (χ3n) is 7.84. The van der Waals surface area contributed by atoms with Crippen LogP contribution in [0.1, 0.15) is 55.8 Å². The van der Waals surface area contributed by atoms with E-state index in [0.29, 0.717) is 5.11 Å². The minimum atomic E-state index is -0.404. The molecule has 2 aromatic heterocycles. The quantitative estimate of drug-likeness (QED) is 0.768. The SMILES string of the molecule is O=C1NC(=S)N(C23CC4CC(CC(C4)C2)C3)C1C(c1ccccn1)c1ccccn1. The summed E-state index contributed by atoms with van der Waals surface area (Å²) in [6.45, 7) is 0. The van der Waals surface area contributed by atoms with Crippen molar-refractivity contribution in [3.05, 3.63) is 60.2 Å². The molecule has 1 amide bonds. The second-order valence-corrected chi connectivity index (χ2v) is 10.1. The third-order valence-corrected chi connectivity index (χ3v) is 8.14. The van der Waals surface area contributed by atoms with Crippen molar-refractivity contribution in [1.82, 2.24) is 20.2 Å². The van der Waals surface area contributed by atoms with Crippen molar-refractivity contribution in [3.8, 4) is 0 Å². The summed E-state index contributed by atoms with van der Waals surface area (Å²) in [6, 6.07) is 11.4. The number of pyridine rings is 2. The Labute approximate surface area is 182 Å². The number of thiocarbonyl (C=S) groups is 1. The molecule has 154 valence electrons. The van der Waals surface area contributed by atoms with E-state index in [4.69, 9.17) is 12.2 Å². The van der Waals surface area contributed by atoms with Crippen LogP contribution in [0.3, 0.4) is 0 Å². The summed E-state index contributed by atoms with van der Waals surface area (Å²) < 4.78 is 0. The fraction of sp³-hybridized carbons (Fsp3) is 0.500. The Bertz CT molecular complexity index is 904. The van der Waals surface area contributed by atoms with Gasteiger partial charge in [-0.15, -0.1) is 0 Å². The lowest BCUT2D eigenvalue weighted by Gasteiger charge is -2.61. The van der Waals surface area contributed by atoms with Crippen LogP contribution in [0.5, 0.6) is 0 Å². The van der Waals surface area contributed by atoms with Gasteiger partial charge in [0.05, 0.1) is 17.3 Å². The minimum absolute atomic E-state index is 0.00251. The number of carbonyl (C=O) groups is 1. The van der Waals surface area contributed by atoms with Crippen molar-refractivity contribution in [2.24, 2.45) is 17.8 Å². The van der Waals surface area contributed by atoms with Gasteiger partial charge in [0.1, 0.15) is 6.04 Å². The van der Waals surface area contributed by atoms with Crippen LogP contribution >= 0.6 is 12.2 Å². The first-order valence-corrected chi connectivity index (χ1v) is 11.5. The zero-order chi connectivity index (χ0) is 20.3. The Morgan fingerprint density at radius 2 is 1.47 bits per heavy atom. The lowest BCUT2D eigenvalue weighted by atomic mass is 9.52. The molecular weight excluding hydrogens is 392 g/mol. The first-order valence-electron chi connectivity index (χ1n) is 11.1. The van der Waals surface area contributed by atoms with Gasteiger partial charge in [-0.3, -0.25) is 14.8 Å². The molecule has 0 aromatic carbocycles. The number of rotatable bonds is 4. The van der Waals surface area contributed by atoms with E-state index in [1.165, 1.54) is 19.3 Å². The number of hydrogen-bond acceptors (Lipinski definition) is 4. The number of aromatic nitrogens is 2. The van der Waals surface area contributed by atoms with E-state index >= 15 is 0 Å². The lowest BCUT2D eigenvalue weighted by molar-refractivity contribution is -0.126. The van der Waals surface area contributed by atoms with Gasteiger partial charge in [0.25, 0.3) is 0 Å². The van der Waals surface area contributed by atoms with Gasteiger partial charge in [-0.2, -0.15) is 0 Å². The number of carbonyl (C=O) groups excluding carboxylic acids is 1. The highest BCUT2D eigenvalue weighted by molar-refractivity contribution is 7.80. The molecule has 7 rings (SSSR count). The molecule has 6 heteroatoms. The fourth-order valence-electron chi connectivity index (χ4n) is 7.25.